The first-order valence-corrected chi connectivity index (χ1v) is 6.79. The summed E-state index contributed by atoms with van der Waals surface area (Å²) in [6.45, 7) is 4.17. The molecule has 1 spiro atoms. The van der Waals surface area contributed by atoms with Gasteiger partial charge in [-0.25, -0.2) is 0 Å². The zero-order valence-corrected chi connectivity index (χ0v) is 10.0. The molecule has 0 amide bonds. The molecule has 6 fully saturated rings. The summed E-state index contributed by atoms with van der Waals surface area (Å²) in [6, 6.07) is 0. The molecular formula is C13H16O4. The van der Waals surface area contributed by atoms with Gasteiger partial charge in [-0.05, 0) is 32.1 Å². The normalized spacial score (nSPS) is 75.2. The molecule has 2 aliphatic carbocycles. The van der Waals surface area contributed by atoms with Crippen molar-refractivity contribution in [3.63, 3.8) is 0 Å². The third-order valence-electron chi connectivity index (χ3n) is 6.49. The summed E-state index contributed by atoms with van der Waals surface area (Å²) < 4.78 is 24.4. The minimum Gasteiger partial charge on any atom is -0.323 e. The smallest absolute Gasteiger partial charge is 0.175 e. The van der Waals surface area contributed by atoms with Crippen molar-refractivity contribution in [2.45, 2.75) is 50.8 Å². The Hall–Kier alpha value is -0.160. The molecule has 2 bridgehead atoms. The Balaban J connectivity index is 1.69. The van der Waals surface area contributed by atoms with Gasteiger partial charge in [0.05, 0.1) is 0 Å². The average Bonchev–Trinajstić information content (AvgIpc) is 2.62. The molecule has 6 aliphatic rings. The van der Waals surface area contributed by atoms with Crippen molar-refractivity contribution in [3.05, 3.63) is 0 Å². The van der Waals surface area contributed by atoms with Gasteiger partial charge >= 0.3 is 0 Å². The van der Waals surface area contributed by atoms with Crippen LogP contribution in [0.1, 0.15) is 26.7 Å². The average molecular weight is 236 g/mol. The predicted molar refractivity (Wildman–Crippen MR) is 54.4 cm³/mol. The van der Waals surface area contributed by atoms with Crippen LogP contribution in [-0.4, -0.2) is 24.2 Å². The molecule has 17 heavy (non-hydrogen) atoms. The molecule has 0 radical (unpaired) electrons. The van der Waals surface area contributed by atoms with E-state index in [-0.39, 0.29) is 12.6 Å². The van der Waals surface area contributed by atoms with E-state index in [0.717, 1.165) is 0 Å². The molecule has 0 aromatic heterocycles. The second-order valence-electron chi connectivity index (χ2n) is 7.08. The van der Waals surface area contributed by atoms with Gasteiger partial charge < -0.3 is 18.9 Å². The lowest BCUT2D eigenvalue weighted by Gasteiger charge is -2.39. The van der Waals surface area contributed by atoms with Crippen LogP contribution in [0.15, 0.2) is 0 Å². The lowest BCUT2D eigenvalue weighted by Crippen LogP contribution is -2.46. The monoisotopic (exact) mass is 236 g/mol. The van der Waals surface area contributed by atoms with Crippen LogP contribution in [0.5, 0.6) is 0 Å². The fourth-order valence-corrected chi connectivity index (χ4v) is 6.09. The zero-order chi connectivity index (χ0) is 11.2. The van der Waals surface area contributed by atoms with Crippen molar-refractivity contribution in [1.82, 2.24) is 0 Å². The minimum atomic E-state index is -0.468. The number of hydrogen-bond acceptors (Lipinski definition) is 4. The minimum absolute atomic E-state index is 0.0800. The molecule has 8 unspecified atom stereocenters. The van der Waals surface area contributed by atoms with E-state index in [1.807, 2.05) is 0 Å². The largest absolute Gasteiger partial charge is 0.323 e. The SMILES string of the molecule is CC12OC3OC4OC(C)(O1)C1C2C3C2(CC2)C41. The van der Waals surface area contributed by atoms with Crippen LogP contribution >= 0.6 is 0 Å². The third-order valence-corrected chi connectivity index (χ3v) is 6.49. The van der Waals surface area contributed by atoms with E-state index >= 15 is 0 Å². The maximum Gasteiger partial charge on any atom is 0.175 e. The fourth-order valence-electron chi connectivity index (χ4n) is 6.09. The van der Waals surface area contributed by atoms with Crippen molar-refractivity contribution in [2.75, 3.05) is 0 Å². The molecule has 0 aromatic carbocycles. The van der Waals surface area contributed by atoms with Crippen molar-refractivity contribution in [3.8, 4) is 0 Å². The summed E-state index contributed by atoms with van der Waals surface area (Å²) in [7, 11) is 0. The molecule has 2 saturated carbocycles. The van der Waals surface area contributed by atoms with Gasteiger partial charge in [0.25, 0.3) is 0 Å². The molecule has 92 valence electrons. The Morgan fingerprint density at radius 3 is 1.82 bits per heavy atom. The van der Waals surface area contributed by atoms with Crippen LogP contribution in [0.25, 0.3) is 0 Å². The first-order valence-electron chi connectivity index (χ1n) is 6.79. The highest BCUT2D eigenvalue weighted by Gasteiger charge is 2.88. The summed E-state index contributed by atoms with van der Waals surface area (Å²) in [6.07, 6.45) is 2.52. The lowest BCUT2D eigenvalue weighted by atomic mass is 9.81. The number of rotatable bonds is 0. The fraction of sp³-hybridized carbons (Fsp3) is 1.00. The second kappa shape index (κ2) is 1.99. The van der Waals surface area contributed by atoms with Crippen LogP contribution in [0.3, 0.4) is 0 Å². The van der Waals surface area contributed by atoms with Crippen LogP contribution in [-0.2, 0) is 18.9 Å². The summed E-state index contributed by atoms with van der Waals surface area (Å²) in [5, 5.41) is 0. The number of ether oxygens (including phenoxy) is 4. The highest BCUT2D eigenvalue weighted by atomic mass is 16.9. The third kappa shape index (κ3) is 0.640. The van der Waals surface area contributed by atoms with E-state index in [0.29, 0.717) is 29.1 Å². The van der Waals surface area contributed by atoms with E-state index in [2.05, 4.69) is 13.8 Å². The molecule has 4 nitrogen and oxygen atoms in total. The van der Waals surface area contributed by atoms with Crippen molar-refractivity contribution < 1.29 is 18.9 Å². The van der Waals surface area contributed by atoms with Gasteiger partial charge in [0.2, 0.25) is 0 Å². The molecule has 6 rings (SSSR count). The summed E-state index contributed by atoms with van der Waals surface area (Å²) >= 11 is 0. The molecule has 8 atom stereocenters. The molecule has 4 aliphatic heterocycles. The quantitative estimate of drug-likeness (QED) is 0.638. The predicted octanol–water partition coefficient (Wildman–Crippen LogP) is 1.45. The van der Waals surface area contributed by atoms with E-state index < -0.39 is 11.6 Å². The maximum atomic E-state index is 6.18. The molecule has 0 N–H and O–H groups in total. The van der Waals surface area contributed by atoms with E-state index in [1.165, 1.54) is 12.8 Å². The topological polar surface area (TPSA) is 36.9 Å². The Kier molecular flexibility index (Phi) is 1.04. The zero-order valence-electron chi connectivity index (χ0n) is 10.0. The summed E-state index contributed by atoms with van der Waals surface area (Å²) in [5.74, 6) is 1.15. The van der Waals surface area contributed by atoms with Crippen LogP contribution in [0.2, 0.25) is 0 Å². The van der Waals surface area contributed by atoms with Gasteiger partial charge in [-0.15, -0.1) is 0 Å². The van der Waals surface area contributed by atoms with Crippen molar-refractivity contribution in [2.24, 2.45) is 29.1 Å². The Bertz CT molecular complexity index is 424. The van der Waals surface area contributed by atoms with Crippen molar-refractivity contribution in [1.29, 1.82) is 0 Å². The van der Waals surface area contributed by atoms with Gasteiger partial charge in [0.1, 0.15) is 0 Å². The summed E-state index contributed by atoms with van der Waals surface area (Å²) in [5.41, 5.74) is 0.474. The second-order valence-corrected chi connectivity index (χ2v) is 7.08. The van der Waals surface area contributed by atoms with Gasteiger partial charge in [-0.2, -0.15) is 0 Å². The molecule has 4 heterocycles. The van der Waals surface area contributed by atoms with E-state index in [4.69, 9.17) is 18.9 Å². The molecule has 0 aromatic rings. The summed E-state index contributed by atoms with van der Waals surface area (Å²) in [4.78, 5) is 0. The lowest BCUT2D eigenvalue weighted by molar-refractivity contribution is -0.407. The van der Waals surface area contributed by atoms with E-state index in [9.17, 15) is 0 Å². The van der Waals surface area contributed by atoms with Crippen LogP contribution in [0, 0.1) is 29.1 Å². The standard InChI is InChI=1S/C13H16O4/c1-11-5-6-8-10(16-12(6,2)17-11)14-9(15-11)7(5)13(8)3-4-13/h5-10H,3-4H2,1-2H3. The van der Waals surface area contributed by atoms with Crippen molar-refractivity contribution >= 4 is 0 Å². The Morgan fingerprint density at radius 1 is 0.824 bits per heavy atom. The van der Waals surface area contributed by atoms with Gasteiger partial charge in [-0.1, -0.05) is 0 Å². The van der Waals surface area contributed by atoms with Gasteiger partial charge in [0, 0.05) is 23.7 Å². The van der Waals surface area contributed by atoms with Crippen LogP contribution < -0.4 is 0 Å². The van der Waals surface area contributed by atoms with Gasteiger partial charge in [-0.3, -0.25) is 0 Å². The molecular weight excluding hydrogens is 220 g/mol. The first-order chi connectivity index (χ1) is 8.08. The first kappa shape index (κ1) is 8.86. The number of hydrogen-bond donors (Lipinski definition) is 0. The Morgan fingerprint density at radius 2 is 1.35 bits per heavy atom. The molecule has 4 saturated heterocycles. The molecule has 4 heteroatoms. The Labute approximate surface area is 99.5 Å². The van der Waals surface area contributed by atoms with Gasteiger partial charge in [0.15, 0.2) is 24.2 Å². The highest BCUT2D eigenvalue weighted by molar-refractivity contribution is 5.27. The highest BCUT2D eigenvalue weighted by Crippen LogP contribution is 2.83. The maximum absolute atomic E-state index is 6.18. The van der Waals surface area contributed by atoms with Crippen LogP contribution in [0.4, 0.5) is 0 Å². The van der Waals surface area contributed by atoms with E-state index in [1.54, 1.807) is 0 Å².